The zero-order valence-electron chi connectivity index (χ0n) is 14.2. The second-order valence-electron chi connectivity index (χ2n) is 5.88. The van der Waals surface area contributed by atoms with Crippen molar-refractivity contribution in [3.8, 4) is 5.75 Å². The molecule has 5 nitrogen and oxygen atoms in total. The first-order chi connectivity index (χ1) is 11.7. The van der Waals surface area contributed by atoms with Gasteiger partial charge in [-0.3, -0.25) is 9.69 Å². The van der Waals surface area contributed by atoms with Crippen LogP contribution in [-0.4, -0.2) is 54.0 Å². The van der Waals surface area contributed by atoms with Gasteiger partial charge in [0.2, 0.25) is 0 Å². The number of carbonyl (C=O) groups excluding carboxylic acids is 1. The number of methoxy groups -OCH3 is 1. The van der Waals surface area contributed by atoms with Crippen LogP contribution in [0.25, 0.3) is 0 Å². The number of benzene rings is 1. The summed E-state index contributed by atoms with van der Waals surface area (Å²) in [4.78, 5) is 21.5. The van der Waals surface area contributed by atoms with Gasteiger partial charge in [0.25, 0.3) is 5.91 Å². The monoisotopic (exact) mass is 345 g/mol. The number of rotatable bonds is 5. The van der Waals surface area contributed by atoms with E-state index < -0.39 is 0 Å². The number of nitrogens with zero attached hydrogens (tertiary/aromatic N) is 3. The number of piperazine rings is 1. The Kier molecular flexibility index (Phi) is 5.48. The Morgan fingerprint density at radius 3 is 2.50 bits per heavy atom. The van der Waals surface area contributed by atoms with Crippen LogP contribution >= 0.6 is 11.3 Å². The van der Waals surface area contributed by atoms with E-state index in [1.54, 1.807) is 18.4 Å². The molecule has 0 unspecified atom stereocenters. The van der Waals surface area contributed by atoms with Crippen molar-refractivity contribution in [1.82, 2.24) is 14.8 Å². The summed E-state index contributed by atoms with van der Waals surface area (Å²) in [6, 6.07) is 7.32. The van der Waals surface area contributed by atoms with E-state index in [4.69, 9.17) is 4.74 Å². The molecular weight excluding hydrogens is 322 g/mol. The smallest absolute Gasteiger partial charge is 0.253 e. The predicted octanol–water partition coefficient (Wildman–Crippen LogP) is 2.67. The van der Waals surface area contributed by atoms with Crippen LogP contribution < -0.4 is 4.74 Å². The van der Waals surface area contributed by atoms with Gasteiger partial charge >= 0.3 is 0 Å². The number of hydrogen-bond acceptors (Lipinski definition) is 5. The van der Waals surface area contributed by atoms with Gasteiger partial charge < -0.3 is 9.64 Å². The largest absolute Gasteiger partial charge is 0.497 e. The van der Waals surface area contributed by atoms with E-state index in [0.717, 1.165) is 56.2 Å². The minimum Gasteiger partial charge on any atom is -0.497 e. The summed E-state index contributed by atoms with van der Waals surface area (Å²) in [7, 11) is 1.63. The highest BCUT2D eigenvalue weighted by molar-refractivity contribution is 7.09. The van der Waals surface area contributed by atoms with Crippen LogP contribution in [0.1, 0.15) is 28.0 Å². The average molecular weight is 345 g/mol. The fourth-order valence-corrected chi connectivity index (χ4v) is 3.57. The lowest BCUT2D eigenvalue weighted by Crippen LogP contribution is -2.48. The first-order valence-corrected chi connectivity index (χ1v) is 9.16. The Morgan fingerprint density at radius 2 is 1.92 bits per heavy atom. The molecule has 2 aromatic rings. The van der Waals surface area contributed by atoms with Gasteiger partial charge in [-0.05, 0) is 30.7 Å². The first-order valence-electron chi connectivity index (χ1n) is 8.28. The number of amides is 1. The summed E-state index contributed by atoms with van der Waals surface area (Å²) >= 11 is 1.73. The maximum absolute atomic E-state index is 12.6. The van der Waals surface area contributed by atoms with Crippen molar-refractivity contribution in [3.63, 3.8) is 0 Å². The van der Waals surface area contributed by atoms with Crippen molar-refractivity contribution >= 4 is 17.2 Å². The Bertz CT molecular complexity index is 676. The van der Waals surface area contributed by atoms with E-state index in [-0.39, 0.29) is 5.91 Å². The van der Waals surface area contributed by atoms with E-state index in [9.17, 15) is 4.79 Å². The van der Waals surface area contributed by atoms with Crippen LogP contribution in [0.2, 0.25) is 0 Å². The van der Waals surface area contributed by atoms with E-state index in [0.29, 0.717) is 0 Å². The standard InChI is InChI=1S/C18H23N3O2S/c1-3-17-19-15(13-24-17)12-20-8-10-21(11-9-20)18(22)14-4-6-16(23-2)7-5-14/h4-7,13H,3,8-12H2,1-2H3. The fraction of sp³-hybridized carbons (Fsp3) is 0.444. The van der Waals surface area contributed by atoms with Gasteiger partial charge in [-0.15, -0.1) is 11.3 Å². The number of carbonyl (C=O) groups is 1. The predicted molar refractivity (Wildman–Crippen MR) is 95.7 cm³/mol. The number of ether oxygens (including phenoxy) is 1. The van der Waals surface area contributed by atoms with Crippen LogP contribution in [0, 0.1) is 0 Å². The molecule has 2 heterocycles. The Labute approximate surface area is 146 Å². The third-order valence-corrected chi connectivity index (χ3v) is 5.33. The molecule has 128 valence electrons. The van der Waals surface area contributed by atoms with Crippen LogP contribution in [-0.2, 0) is 13.0 Å². The van der Waals surface area contributed by atoms with Crippen molar-refractivity contribution < 1.29 is 9.53 Å². The highest BCUT2D eigenvalue weighted by Gasteiger charge is 2.22. The normalized spacial score (nSPS) is 15.5. The van der Waals surface area contributed by atoms with E-state index in [1.165, 1.54) is 5.01 Å². The summed E-state index contributed by atoms with van der Waals surface area (Å²) in [6.07, 6.45) is 0.995. The third-order valence-electron chi connectivity index (χ3n) is 4.28. The van der Waals surface area contributed by atoms with E-state index >= 15 is 0 Å². The van der Waals surface area contributed by atoms with Crippen LogP contribution in [0.15, 0.2) is 29.6 Å². The fourth-order valence-electron chi connectivity index (χ4n) is 2.84. The SMILES string of the molecule is CCc1nc(CN2CCN(C(=O)c3ccc(OC)cc3)CC2)cs1. The molecule has 0 spiro atoms. The van der Waals surface area contributed by atoms with E-state index in [1.807, 2.05) is 29.2 Å². The van der Waals surface area contributed by atoms with Crippen molar-refractivity contribution in [2.24, 2.45) is 0 Å². The summed E-state index contributed by atoms with van der Waals surface area (Å²) in [5.74, 6) is 0.866. The zero-order chi connectivity index (χ0) is 16.9. The van der Waals surface area contributed by atoms with Gasteiger partial charge in [0.1, 0.15) is 5.75 Å². The van der Waals surface area contributed by atoms with Crippen LogP contribution in [0.5, 0.6) is 5.75 Å². The summed E-state index contributed by atoms with van der Waals surface area (Å²) in [5.41, 5.74) is 1.86. The molecular formula is C18H23N3O2S. The molecule has 6 heteroatoms. The summed E-state index contributed by atoms with van der Waals surface area (Å²) in [5, 5.41) is 3.34. The van der Waals surface area contributed by atoms with Gasteiger partial charge in [-0.2, -0.15) is 0 Å². The second kappa shape index (κ2) is 7.77. The quantitative estimate of drug-likeness (QED) is 0.836. The summed E-state index contributed by atoms with van der Waals surface area (Å²) in [6.45, 7) is 6.31. The molecule has 0 bridgehead atoms. The number of aryl methyl sites for hydroxylation is 1. The lowest BCUT2D eigenvalue weighted by atomic mass is 10.1. The van der Waals surface area contributed by atoms with Gasteiger partial charge in [0.15, 0.2) is 0 Å². The van der Waals surface area contributed by atoms with E-state index in [2.05, 4.69) is 22.2 Å². The molecule has 0 atom stereocenters. The molecule has 1 aliphatic heterocycles. The molecule has 0 saturated carbocycles. The van der Waals surface area contributed by atoms with Crippen LogP contribution in [0.4, 0.5) is 0 Å². The Balaban J connectivity index is 1.53. The third kappa shape index (κ3) is 3.94. The molecule has 0 N–H and O–H groups in total. The number of hydrogen-bond donors (Lipinski definition) is 0. The maximum Gasteiger partial charge on any atom is 0.253 e. The Hall–Kier alpha value is -1.92. The van der Waals surface area contributed by atoms with Gasteiger partial charge in [-0.1, -0.05) is 6.92 Å². The topological polar surface area (TPSA) is 45.7 Å². The molecule has 1 saturated heterocycles. The molecule has 1 fully saturated rings. The van der Waals surface area contributed by atoms with Crippen molar-refractivity contribution in [2.75, 3.05) is 33.3 Å². The highest BCUT2D eigenvalue weighted by Crippen LogP contribution is 2.16. The average Bonchev–Trinajstić information content (AvgIpc) is 3.09. The first kappa shape index (κ1) is 16.9. The number of aromatic nitrogens is 1. The van der Waals surface area contributed by atoms with Gasteiger partial charge in [0.05, 0.1) is 17.8 Å². The molecule has 1 aromatic carbocycles. The summed E-state index contributed by atoms with van der Waals surface area (Å²) < 4.78 is 5.14. The maximum atomic E-state index is 12.6. The minimum absolute atomic E-state index is 0.0965. The zero-order valence-corrected chi connectivity index (χ0v) is 15.0. The van der Waals surface area contributed by atoms with Gasteiger partial charge in [-0.25, -0.2) is 4.98 Å². The highest BCUT2D eigenvalue weighted by atomic mass is 32.1. The molecule has 1 aliphatic rings. The molecule has 0 aliphatic carbocycles. The van der Waals surface area contributed by atoms with Crippen LogP contribution in [0.3, 0.4) is 0 Å². The molecule has 1 aromatic heterocycles. The molecule has 3 rings (SSSR count). The molecule has 24 heavy (non-hydrogen) atoms. The molecule has 0 radical (unpaired) electrons. The number of thiazole rings is 1. The minimum atomic E-state index is 0.0965. The van der Waals surface area contributed by atoms with Gasteiger partial charge in [0, 0.05) is 43.7 Å². The second-order valence-corrected chi connectivity index (χ2v) is 6.83. The van der Waals surface area contributed by atoms with Crippen molar-refractivity contribution in [2.45, 2.75) is 19.9 Å². The lowest BCUT2D eigenvalue weighted by molar-refractivity contribution is 0.0627. The lowest BCUT2D eigenvalue weighted by Gasteiger charge is -2.34. The van der Waals surface area contributed by atoms with Crippen molar-refractivity contribution in [3.05, 3.63) is 45.9 Å². The Morgan fingerprint density at radius 1 is 1.21 bits per heavy atom. The van der Waals surface area contributed by atoms with Crippen molar-refractivity contribution in [1.29, 1.82) is 0 Å². The molecule has 1 amide bonds.